The summed E-state index contributed by atoms with van der Waals surface area (Å²) in [6.45, 7) is 0. The normalized spacial score (nSPS) is 9.50. The Labute approximate surface area is 130 Å². The van der Waals surface area contributed by atoms with E-state index in [4.69, 9.17) is 0 Å². The van der Waals surface area contributed by atoms with Crippen LogP contribution in [-0.4, -0.2) is 4.98 Å². The van der Waals surface area contributed by atoms with Crippen LogP contribution in [0, 0.1) is 0 Å². The molecule has 1 atom stereocenters. The lowest BCUT2D eigenvalue weighted by Crippen LogP contribution is -1.94. The van der Waals surface area contributed by atoms with Gasteiger partial charge in [0.05, 0.1) is 5.44 Å². The van der Waals surface area contributed by atoms with Crippen LogP contribution < -0.4 is 5.44 Å². The Balaban J connectivity index is 0.000000160. The van der Waals surface area contributed by atoms with Gasteiger partial charge in [-0.25, -0.2) is 4.98 Å². The Hall–Kier alpha value is -1.50. The van der Waals surface area contributed by atoms with E-state index in [2.05, 4.69) is 78.7 Å². The van der Waals surface area contributed by atoms with Gasteiger partial charge in [0.1, 0.15) is 4.60 Å². The second-order valence-corrected chi connectivity index (χ2v) is 5.52. The summed E-state index contributed by atoms with van der Waals surface area (Å²) in [5.41, 5.74) is 3.51. The van der Waals surface area contributed by atoms with E-state index in [0.717, 1.165) is 10.0 Å². The summed E-state index contributed by atoms with van der Waals surface area (Å²) in [7, 11) is 2.52. The van der Waals surface area contributed by atoms with Gasteiger partial charge in [-0.1, -0.05) is 76.0 Å². The van der Waals surface area contributed by atoms with E-state index in [9.17, 15) is 0 Å². The highest BCUT2D eigenvalue weighted by molar-refractivity contribution is 9.10. The molecule has 0 fully saturated rings. The van der Waals surface area contributed by atoms with Crippen LogP contribution in [0.4, 0.5) is 0 Å². The van der Waals surface area contributed by atoms with Crippen molar-refractivity contribution < 1.29 is 0 Å². The van der Waals surface area contributed by atoms with Gasteiger partial charge in [-0.05, 0) is 39.2 Å². The molecule has 20 heavy (non-hydrogen) atoms. The molecule has 100 valence electrons. The maximum atomic E-state index is 4.05. The van der Waals surface area contributed by atoms with Gasteiger partial charge in [-0.15, -0.1) is 0 Å². The van der Waals surface area contributed by atoms with Crippen molar-refractivity contribution in [1.29, 1.82) is 0 Å². The van der Waals surface area contributed by atoms with Crippen LogP contribution in [0.25, 0.3) is 11.1 Å². The molecule has 0 aliphatic heterocycles. The van der Waals surface area contributed by atoms with Crippen molar-refractivity contribution in [1.82, 2.24) is 4.98 Å². The number of hydrogen-bond donors (Lipinski definition) is 0. The lowest BCUT2D eigenvalue weighted by atomic mass is 10.1. The minimum absolute atomic E-state index is 0.880. The highest BCUT2D eigenvalue weighted by Crippen LogP contribution is 2.17. The highest BCUT2D eigenvalue weighted by Gasteiger charge is 1.91. The third-order valence-corrected chi connectivity index (χ3v) is 3.38. The topological polar surface area (TPSA) is 12.9 Å². The monoisotopic (exact) mass is 343 g/mol. The number of aromatic nitrogens is 1. The van der Waals surface area contributed by atoms with E-state index in [-0.39, 0.29) is 0 Å². The molecular formula is C17H15BrNP. The van der Waals surface area contributed by atoms with Gasteiger partial charge in [0, 0.05) is 0 Å². The van der Waals surface area contributed by atoms with E-state index >= 15 is 0 Å². The number of pyridine rings is 1. The first-order valence-electron chi connectivity index (χ1n) is 6.24. The van der Waals surface area contributed by atoms with Crippen molar-refractivity contribution in [2.24, 2.45) is 0 Å². The molecule has 3 rings (SSSR count). The van der Waals surface area contributed by atoms with Crippen LogP contribution in [-0.2, 0) is 0 Å². The van der Waals surface area contributed by atoms with Gasteiger partial charge in [0.15, 0.2) is 0 Å². The molecule has 0 spiro atoms. The van der Waals surface area contributed by atoms with E-state index < -0.39 is 0 Å². The SMILES string of the molecule is Pc1cccc(Br)n1.c1ccc(-c2ccccc2)cc1. The number of rotatable bonds is 1. The van der Waals surface area contributed by atoms with Crippen LogP contribution in [0.1, 0.15) is 0 Å². The van der Waals surface area contributed by atoms with E-state index in [1.54, 1.807) is 0 Å². The van der Waals surface area contributed by atoms with Crippen LogP contribution in [0.15, 0.2) is 83.5 Å². The number of hydrogen-bond acceptors (Lipinski definition) is 1. The zero-order valence-corrected chi connectivity index (χ0v) is 13.6. The molecule has 0 amide bonds. The first-order valence-corrected chi connectivity index (χ1v) is 7.61. The Morgan fingerprint density at radius 2 is 1.15 bits per heavy atom. The van der Waals surface area contributed by atoms with E-state index in [0.29, 0.717) is 0 Å². The largest absolute Gasteiger partial charge is 0.242 e. The van der Waals surface area contributed by atoms with Gasteiger partial charge in [-0.3, -0.25) is 0 Å². The molecule has 0 saturated heterocycles. The van der Waals surface area contributed by atoms with Crippen molar-refractivity contribution in [3.8, 4) is 11.1 Å². The highest BCUT2D eigenvalue weighted by atomic mass is 79.9. The Morgan fingerprint density at radius 1 is 0.650 bits per heavy atom. The fourth-order valence-electron chi connectivity index (χ4n) is 1.69. The van der Waals surface area contributed by atoms with Crippen LogP contribution in [0.5, 0.6) is 0 Å². The van der Waals surface area contributed by atoms with Gasteiger partial charge >= 0.3 is 0 Å². The van der Waals surface area contributed by atoms with Crippen molar-refractivity contribution in [2.45, 2.75) is 0 Å². The maximum Gasteiger partial charge on any atom is 0.106 e. The average Bonchev–Trinajstić information content (AvgIpc) is 2.49. The second kappa shape index (κ2) is 7.94. The predicted octanol–water partition coefficient (Wildman–Crippen LogP) is 4.70. The molecule has 3 heteroatoms. The quantitative estimate of drug-likeness (QED) is 0.461. The molecule has 0 bridgehead atoms. The fraction of sp³-hybridized carbons (Fsp3) is 0. The predicted molar refractivity (Wildman–Crippen MR) is 93.2 cm³/mol. The molecule has 0 aliphatic rings. The molecule has 0 aliphatic carbocycles. The van der Waals surface area contributed by atoms with Crippen molar-refractivity contribution in [3.63, 3.8) is 0 Å². The summed E-state index contributed by atoms with van der Waals surface area (Å²) in [5.74, 6) is 0. The standard InChI is InChI=1S/C12H10.C5H5BrNP/c1-3-7-11(8-4-1)12-9-5-2-6-10-12;6-4-2-1-3-5(8)7-4/h1-10H;1-3H,8H2. The third-order valence-electron chi connectivity index (χ3n) is 2.62. The van der Waals surface area contributed by atoms with E-state index in [1.165, 1.54) is 11.1 Å². The molecule has 0 saturated carbocycles. The van der Waals surface area contributed by atoms with Crippen molar-refractivity contribution >= 4 is 30.6 Å². The molecule has 0 N–H and O–H groups in total. The molecule has 0 radical (unpaired) electrons. The Kier molecular flexibility index (Phi) is 5.91. The third kappa shape index (κ3) is 4.88. The Bertz CT molecular complexity index is 587. The van der Waals surface area contributed by atoms with Crippen LogP contribution in [0.2, 0.25) is 0 Å². The molecule has 1 unspecified atom stereocenters. The summed E-state index contributed by atoms with van der Waals surface area (Å²) >= 11 is 3.24. The lowest BCUT2D eigenvalue weighted by molar-refractivity contribution is 1.34. The summed E-state index contributed by atoms with van der Waals surface area (Å²) in [4.78, 5) is 4.05. The van der Waals surface area contributed by atoms with Crippen LogP contribution in [0.3, 0.4) is 0 Å². The molecule has 2 aromatic carbocycles. The van der Waals surface area contributed by atoms with Crippen LogP contribution >= 0.6 is 25.2 Å². The maximum absolute atomic E-state index is 4.05. The number of benzene rings is 2. The van der Waals surface area contributed by atoms with E-state index in [1.807, 2.05) is 30.3 Å². The molecule has 1 nitrogen and oxygen atoms in total. The summed E-state index contributed by atoms with van der Waals surface area (Å²) in [5, 5.41) is 0. The lowest BCUT2D eigenvalue weighted by Gasteiger charge is -1.98. The first-order chi connectivity index (χ1) is 9.75. The summed E-state index contributed by atoms with van der Waals surface area (Å²) < 4.78 is 0.880. The second-order valence-electron chi connectivity index (χ2n) is 4.12. The molecular weight excluding hydrogens is 329 g/mol. The first kappa shape index (κ1) is 14.9. The fourth-order valence-corrected chi connectivity index (χ4v) is 2.48. The zero-order chi connectivity index (χ0) is 14.2. The van der Waals surface area contributed by atoms with Gasteiger partial charge in [0.25, 0.3) is 0 Å². The van der Waals surface area contributed by atoms with Gasteiger partial charge < -0.3 is 0 Å². The Morgan fingerprint density at radius 3 is 1.50 bits per heavy atom. The van der Waals surface area contributed by atoms with Gasteiger partial charge in [-0.2, -0.15) is 0 Å². The molecule has 1 heterocycles. The minimum Gasteiger partial charge on any atom is -0.242 e. The number of halogens is 1. The molecule has 3 aromatic rings. The molecule has 1 aromatic heterocycles. The number of nitrogens with zero attached hydrogens (tertiary/aromatic N) is 1. The summed E-state index contributed by atoms with van der Waals surface area (Å²) in [6, 6.07) is 26.5. The zero-order valence-electron chi connectivity index (χ0n) is 10.9. The van der Waals surface area contributed by atoms with Crippen molar-refractivity contribution in [3.05, 3.63) is 83.5 Å². The van der Waals surface area contributed by atoms with Gasteiger partial charge in [0.2, 0.25) is 0 Å². The van der Waals surface area contributed by atoms with Crippen molar-refractivity contribution in [2.75, 3.05) is 0 Å². The summed E-state index contributed by atoms with van der Waals surface area (Å²) in [6.07, 6.45) is 0. The minimum atomic E-state index is 0.880. The average molecular weight is 344 g/mol. The smallest absolute Gasteiger partial charge is 0.106 e.